The molecule has 0 aromatic heterocycles. The number of ether oxygens (including phenoxy) is 2. The normalized spacial score (nSPS) is 31.3. The highest BCUT2D eigenvalue weighted by molar-refractivity contribution is 5.15. The van der Waals surface area contributed by atoms with E-state index in [0.717, 1.165) is 18.4 Å². The maximum atomic E-state index is 12.8. The molecule has 1 aliphatic heterocycles. The fourth-order valence-corrected chi connectivity index (χ4v) is 2.49. The van der Waals surface area contributed by atoms with E-state index in [1.54, 1.807) is 12.1 Å². The summed E-state index contributed by atoms with van der Waals surface area (Å²) in [7, 11) is 0. The Morgan fingerprint density at radius 1 is 1.00 bits per heavy atom. The van der Waals surface area contributed by atoms with E-state index < -0.39 is 37.3 Å². The Morgan fingerprint density at radius 3 is 2.35 bits per heavy atom. The Balaban J connectivity index is 1.70. The average Bonchev–Trinajstić information content (AvgIpc) is 2.56. The van der Waals surface area contributed by atoms with Gasteiger partial charge in [0.05, 0.1) is 6.61 Å². The van der Waals surface area contributed by atoms with E-state index in [1.807, 2.05) is 0 Å². The Hall–Kier alpha value is -1.09. The van der Waals surface area contributed by atoms with E-state index >= 15 is 0 Å². The van der Waals surface area contributed by atoms with Crippen molar-refractivity contribution in [1.29, 1.82) is 0 Å². The van der Waals surface area contributed by atoms with Gasteiger partial charge in [0.15, 0.2) is 6.29 Å². The lowest BCUT2D eigenvalue weighted by atomic mass is 9.99. The van der Waals surface area contributed by atoms with E-state index in [-0.39, 0.29) is 5.82 Å². The smallest absolute Gasteiger partial charge is 0.186 e. The van der Waals surface area contributed by atoms with E-state index in [9.17, 15) is 19.7 Å². The minimum absolute atomic E-state index is 0.264. The van der Waals surface area contributed by atoms with Gasteiger partial charge in [-0.2, -0.15) is 0 Å². The number of hydrogen-bond donors (Lipinski definition) is 4. The number of hydrogen-bond acceptors (Lipinski definition) is 6. The first-order valence-corrected chi connectivity index (χ1v) is 7.69. The van der Waals surface area contributed by atoms with E-state index in [4.69, 9.17) is 14.6 Å². The standard InChI is InChI=1S/C16H23FO6/c17-11-6-4-10(5-7-11)3-1-2-8-22-16-15(21)14(20)13(19)12(9-18)23-16/h4-7,12-16,18-21H,1-3,8-9H2/t12-,13-,14+,15-,16-/m1/s1. The molecule has 0 unspecified atom stereocenters. The van der Waals surface area contributed by atoms with Crippen molar-refractivity contribution in [3.05, 3.63) is 35.6 Å². The summed E-state index contributed by atoms with van der Waals surface area (Å²) in [4.78, 5) is 0. The van der Waals surface area contributed by atoms with Crippen molar-refractivity contribution in [2.24, 2.45) is 0 Å². The molecule has 0 spiro atoms. The first-order valence-electron chi connectivity index (χ1n) is 7.69. The summed E-state index contributed by atoms with van der Waals surface area (Å²) in [5.41, 5.74) is 1.03. The van der Waals surface area contributed by atoms with Gasteiger partial charge >= 0.3 is 0 Å². The van der Waals surface area contributed by atoms with Crippen molar-refractivity contribution in [2.75, 3.05) is 13.2 Å². The molecule has 0 saturated carbocycles. The summed E-state index contributed by atoms with van der Waals surface area (Å²) < 4.78 is 23.4. The minimum Gasteiger partial charge on any atom is -0.394 e. The number of aryl methyl sites for hydroxylation is 1. The lowest BCUT2D eigenvalue weighted by molar-refractivity contribution is -0.301. The van der Waals surface area contributed by atoms with Gasteiger partial charge in [-0.25, -0.2) is 4.39 Å². The number of aliphatic hydroxyl groups excluding tert-OH is 4. The van der Waals surface area contributed by atoms with Crippen LogP contribution in [0.2, 0.25) is 0 Å². The van der Waals surface area contributed by atoms with Crippen LogP contribution in [0.4, 0.5) is 4.39 Å². The molecule has 5 atom stereocenters. The van der Waals surface area contributed by atoms with Crippen molar-refractivity contribution in [3.8, 4) is 0 Å². The molecule has 1 aromatic carbocycles. The summed E-state index contributed by atoms with van der Waals surface area (Å²) in [5, 5.41) is 38.2. The van der Waals surface area contributed by atoms with Gasteiger partial charge in [0.25, 0.3) is 0 Å². The van der Waals surface area contributed by atoms with Gasteiger partial charge in [0.2, 0.25) is 0 Å². The fraction of sp³-hybridized carbons (Fsp3) is 0.625. The van der Waals surface area contributed by atoms with Crippen LogP contribution >= 0.6 is 0 Å². The Labute approximate surface area is 134 Å². The Bertz CT molecular complexity index is 466. The maximum Gasteiger partial charge on any atom is 0.186 e. The quantitative estimate of drug-likeness (QED) is 0.524. The SMILES string of the molecule is OC[C@H]1O[C@@H](OCCCCc2ccc(F)cc2)[C@H](O)[C@@H](O)[C@@H]1O. The Kier molecular flexibility index (Phi) is 6.88. The van der Waals surface area contributed by atoms with Gasteiger partial charge in [0, 0.05) is 6.61 Å². The lowest BCUT2D eigenvalue weighted by Gasteiger charge is -2.39. The van der Waals surface area contributed by atoms with Crippen molar-refractivity contribution in [3.63, 3.8) is 0 Å². The highest BCUT2D eigenvalue weighted by atomic mass is 19.1. The predicted molar refractivity (Wildman–Crippen MR) is 79.1 cm³/mol. The lowest BCUT2D eigenvalue weighted by Crippen LogP contribution is -2.59. The first kappa shape index (κ1) is 18.3. The maximum absolute atomic E-state index is 12.8. The molecule has 7 heteroatoms. The molecule has 0 radical (unpaired) electrons. The molecule has 0 aliphatic carbocycles. The van der Waals surface area contributed by atoms with Crippen molar-refractivity contribution >= 4 is 0 Å². The second-order valence-corrected chi connectivity index (χ2v) is 5.65. The number of halogens is 1. The fourth-order valence-electron chi connectivity index (χ4n) is 2.49. The summed E-state index contributed by atoms with van der Waals surface area (Å²) in [5.74, 6) is -0.264. The summed E-state index contributed by atoms with van der Waals surface area (Å²) in [6.07, 6.45) is -3.95. The van der Waals surface area contributed by atoms with E-state index in [1.165, 1.54) is 12.1 Å². The molecule has 2 rings (SSSR count). The van der Waals surface area contributed by atoms with E-state index in [0.29, 0.717) is 13.0 Å². The van der Waals surface area contributed by atoms with E-state index in [2.05, 4.69) is 0 Å². The molecule has 0 bridgehead atoms. The van der Waals surface area contributed by atoms with Gasteiger partial charge in [-0.05, 0) is 37.0 Å². The van der Waals surface area contributed by atoms with Gasteiger partial charge in [-0.3, -0.25) is 0 Å². The molecular formula is C16H23FO6. The molecule has 0 amide bonds. The molecule has 1 heterocycles. The largest absolute Gasteiger partial charge is 0.394 e. The average molecular weight is 330 g/mol. The number of benzene rings is 1. The zero-order valence-electron chi connectivity index (χ0n) is 12.7. The van der Waals surface area contributed by atoms with Gasteiger partial charge < -0.3 is 29.9 Å². The third kappa shape index (κ3) is 4.94. The Morgan fingerprint density at radius 2 is 1.70 bits per heavy atom. The second kappa shape index (κ2) is 8.68. The monoisotopic (exact) mass is 330 g/mol. The summed E-state index contributed by atoms with van der Waals surface area (Å²) in [6.45, 7) is -0.181. The van der Waals surface area contributed by atoms with Crippen LogP contribution in [0, 0.1) is 5.82 Å². The molecule has 1 aliphatic rings. The molecule has 4 N–H and O–H groups in total. The van der Waals surface area contributed by atoms with Gasteiger partial charge in [0.1, 0.15) is 30.2 Å². The van der Waals surface area contributed by atoms with Crippen LogP contribution in [0.25, 0.3) is 0 Å². The predicted octanol–water partition coefficient (Wildman–Crippen LogP) is -0.0351. The van der Waals surface area contributed by atoms with Crippen LogP contribution in [0.5, 0.6) is 0 Å². The molecule has 1 saturated heterocycles. The van der Waals surface area contributed by atoms with Crippen LogP contribution < -0.4 is 0 Å². The molecule has 6 nitrogen and oxygen atoms in total. The summed E-state index contributed by atoms with van der Waals surface area (Å²) >= 11 is 0. The van der Waals surface area contributed by atoms with Crippen LogP contribution in [-0.2, 0) is 15.9 Å². The van der Waals surface area contributed by atoms with Crippen molar-refractivity contribution < 1.29 is 34.3 Å². The molecule has 23 heavy (non-hydrogen) atoms. The van der Waals surface area contributed by atoms with Gasteiger partial charge in [-0.15, -0.1) is 0 Å². The first-order chi connectivity index (χ1) is 11.0. The molecular weight excluding hydrogens is 307 g/mol. The minimum atomic E-state index is -1.43. The number of aliphatic hydroxyl groups is 4. The molecule has 130 valence electrons. The van der Waals surface area contributed by atoms with Crippen LogP contribution in [0.3, 0.4) is 0 Å². The molecule has 1 aromatic rings. The topological polar surface area (TPSA) is 99.4 Å². The number of unbranched alkanes of at least 4 members (excludes halogenated alkanes) is 1. The summed E-state index contributed by atoms with van der Waals surface area (Å²) in [6, 6.07) is 6.29. The van der Waals surface area contributed by atoms with Crippen molar-refractivity contribution in [2.45, 2.75) is 50.0 Å². The number of rotatable bonds is 7. The van der Waals surface area contributed by atoms with Crippen molar-refractivity contribution in [1.82, 2.24) is 0 Å². The highest BCUT2D eigenvalue weighted by Crippen LogP contribution is 2.22. The van der Waals surface area contributed by atoms with Crippen LogP contribution in [0.1, 0.15) is 18.4 Å². The third-order valence-corrected chi connectivity index (χ3v) is 3.90. The zero-order chi connectivity index (χ0) is 16.8. The third-order valence-electron chi connectivity index (χ3n) is 3.90. The van der Waals surface area contributed by atoms with Crippen LogP contribution in [0.15, 0.2) is 24.3 Å². The van der Waals surface area contributed by atoms with Crippen LogP contribution in [-0.4, -0.2) is 64.3 Å². The second-order valence-electron chi connectivity index (χ2n) is 5.65. The zero-order valence-corrected chi connectivity index (χ0v) is 12.7. The molecule has 1 fully saturated rings. The highest BCUT2D eigenvalue weighted by Gasteiger charge is 2.43. The van der Waals surface area contributed by atoms with Gasteiger partial charge in [-0.1, -0.05) is 12.1 Å².